The molecule has 1 fully saturated rings. The lowest BCUT2D eigenvalue weighted by atomic mass is 9.73. The molecular formula is C27H35ClFN3O4. The van der Waals surface area contributed by atoms with E-state index >= 15 is 0 Å². The molecule has 9 heteroatoms. The largest absolute Gasteiger partial charge is 0.485 e. The number of aromatic nitrogens is 1. The number of ether oxygens (including phenoxy) is 1. The fraction of sp³-hybridized carbons (Fsp3) is 0.556. The van der Waals surface area contributed by atoms with Crippen LogP contribution < -0.4 is 15.4 Å². The molecule has 0 radical (unpaired) electrons. The van der Waals surface area contributed by atoms with Gasteiger partial charge in [0.25, 0.3) is 0 Å². The summed E-state index contributed by atoms with van der Waals surface area (Å²) in [7, 11) is 0. The Morgan fingerprint density at radius 2 is 2.08 bits per heavy atom. The van der Waals surface area contributed by atoms with Gasteiger partial charge in [0.15, 0.2) is 0 Å². The predicted molar refractivity (Wildman–Crippen MR) is 136 cm³/mol. The van der Waals surface area contributed by atoms with Crippen molar-refractivity contribution in [2.45, 2.75) is 88.7 Å². The van der Waals surface area contributed by atoms with Crippen molar-refractivity contribution in [2.24, 2.45) is 0 Å². The molecule has 1 aliphatic heterocycles. The summed E-state index contributed by atoms with van der Waals surface area (Å²) in [5.74, 6) is -0.0271. The van der Waals surface area contributed by atoms with E-state index in [0.717, 1.165) is 42.7 Å². The minimum absolute atomic E-state index is 0.0890. The lowest BCUT2D eigenvalue weighted by molar-refractivity contribution is -0.120. The topological polar surface area (TPSA) is 104 Å². The molecule has 1 aliphatic carbocycles. The Labute approximate surface area is 216 Å². The van der Waals surface area contributed by atoms with Gasteiger partial charge in [0.05, 0.1) is 23.9 Å². The third kappa shape index (κ3) is 6.73. The van der Waals surface area contributed by atoms with Crippen molar-refractivity contribution < 1.29 is 24.1 Å². The van der Waals surface area contributed by atoms with Crippen LogP contribution in [0.1, 0.15) is 69.3 Å². The van der Waals surface area contributed by atoms with E-state index in [1.54, 1.807) is 26.1 Å². The Kier molecular flexibility index (Phi) is 7.90. The van der Waals surface area contributed by atoms with Gasteiger partial charge in [-0.3, -0.25) is 9.78 Å². The highest BCUT2D eigenvalue weighted by molar-refractivity contribution is 6.30. The standard InChI is InChI=1S/C27H35ClFN3O4/c1-16(33)32-22(9-17-7-18(28)10-19(29)8-17)24(34)14-31-23-13-27(5-4-6-27)36-25-15-30-20(11-21(23)25)12-26(2,3)35/h7-8,10-11,15,22-24,31,34-35H,4-6,9,12-14H2,1-3H3,(H,32,33)/t22-,23-,24+/m0/s1. The highest BCUT2D eigenvalue weighted by atomic mass is 35.5. The number of aliphatic hydroxyl groups excluding tert-OH is 1. The molecule has 2 aromatic rings. The second kappa shape index (κ2) is 10.6. The van der Waals surface area contributed by atoms with Crippen LogP contribution in [0.25, 0.3) is 0 Å². The summed E-state index contributed by atoms with van der Waals surface area (Å²) in [5, 5.41) is 27.8. The van der Waals surface area contributed by atoms with Crippen molar-refractivity contribution in [3.05, 3.63) is 58.1 Å². The molecule has 1 amide bonds. The van der Waals surface area contributed by atoms with Crippen LogP contribution in [-0.4, -0.2) is 51.0 Å². The number of hydrogen-bond acceptors (Lipinski definition) is 6. The number of aliphatic hydroxyl groups is 2. The summed E-state index contributed by atoms with van der Waals surface area (Å²) in [5.41, 5.74) is 1.17. The highest BCUT2D eigenvalue weighted by Gasteiger charge is 2.46. The Bertz CT molecular complexity index is 1080. The summed E-state index contributed by atoms with van der Waals surface area (Å²) in [6, 6.07) is 5.44. The maximum atomic E-state index is 13.8. The van der Waals surface area contributed by atoms with Crippen molar-refractivity contribution in [1.82, 2.24) is 15.6 Å². The Morgan fingerprint density at radius 3 is 2.69 bits per heavy atom. The number of fused-ring (bicyclic) bond motifs is 1. The SMILES string of the molecule is CC(=O)N[C@@H](Cc1cc(F)cc(Cl)c1)[C@H](O)CN[C@H]1CC2(CCC2)Oc2cnc(CC(C)(C)O)cc21. The Hall–Kier alpha value is -2.26. The molecule has 2 heterocycles. The first-order valence-electron chi connectivity index (χ1n) is 12.5. The quantitative estimate of drug-likeness (QED) is 0.403. The molecular weight excluding hydrogens is 485 g/mol. The molecule has 196 valence electrons. The molecule has 0 unspecified atom stereocenters. The van der Waals surface area contributed by atoms with E-state index in [1.807, 2.05) is 6.07 Å². The summed E-state index contributed by atoms with van der Waals surface area (Å²) >= 11 is 5.99. The molecule has 0 saturated heterocycles. The number of amides is 1. The van der Waals surface area contributed by atoms with Gasteiger partial charge in [-0.25, -0.2) is 4.39 Å². The lowest BCUT2D eigenvalue weighted by Gasteiger charge is -2.48. The van der Waals surface area contributed by atoms with E-state index in [9.17, 15) is 19.4 Å². The van der Waals surface area contributed by atoms with Crippen molar-refractivity contribution in [2.75, 3.05) is 6.54 Å². The third-order valence-corrected chi connectivity index (χ3v) is 7.13. The third-order valence-electron chi connectivity index (χ3n) is 6.92. The zero-order valence-corrected chi connectivity index (χ0v) is 21.7. The lowest BCUT2D eigenvalue weighted by Crippen LogP contribution is -2.52. The summed E-state index contributed by atoms with van der Waals surface area (Å²) in [6.45, 7) is 5.08. The van der Waals surface area contributed by atoms with Crippen LogP contribution in [0.2, 0.25) is 5.02 Å². The normalized spacial score (nSPS) is 20.1. The van der Waals surface area contributed by atoms with Gasteiger partial charge >= 0.3 is 0 Å². The number of hydrogen-bond donors (Lipinski definition) is 4. The van der Waals surface area contributed by atoms with Crippen LogP contribution >= 0.6 is 11.6 Å². The number of nitrogens with one attached hydrogen (secondary N) is 2. The number of benzene rings is 1. The van der Waals surface area contributed by atoms with Gasteiger partial charge in [0.2, 0.25) is 5.91 Å². The minimum Gasteiger partial charge on any atom is -0.485 e. The minimum atomic E-state index is -0.933. The van der Waals surface area contributed by atoms with E-state index in [2.05, 4.69) is 15.6 Å². The first-order chi connectivity index (χ1) is 16.9. The monoisotopic (exact) mass is 519 g/mol. The fourth-order valence-electron chi connectivity index (χ4n) is 5.15. The Morgan fingerprint density at radius 1 is 1.33 bits per heavy atom. The van der Waals surface area contributed by atoms with Crippen LogP contribution in [0.4, 0.5) is 4.39 Å². The van der Waals surface area contributed by atoms with E-state index in [1.165, 1.54) is 19.1 Å². The molecule has 1 spiro atoms. The van der Waals surface area contributed by atoms with Gasteiger partial charge in [0.1, 0.15) is 17.2 Å². The molecule has 0 bridgehead atoms. The van der Waals surface area contributed by atoms with Crippen LogP contribution in [0.15, 0.2) is 30.5 Å². The molecule has 2 aliphatic rings. The van der Waals surface area contributed by atoms with Gasteiger partial charge in [-0.2, -0.15) is 0 Å². The molecule has 36 heavy (non-hydrogen) atoms. The average molecular weight is 520 g/mol. The maximum Gasteiger partial charge on any atom is 0.217 e. The smallest absolute Gasteiger partial charge is 0.217 e. The molecule has 3 atom stereocenters. The molecule has 1 saturated carbocycles. The molecule has 7 nitrogen and oxygen atoms in total. The zero-order valence-electron chi connectivity index (χ0n) is 21.0. The first kappa shape index (κ1) is 26.8. The fourth-order valence-corrected chi connectivity index (χ4v) is 5.39. The van der Waals surface area contributed by atoms with E-state index < -0.39 is 23.6 Å². The number of nitrogens with zero attached hydrogens (tertiary/aromatic N) is 1. The number of rotatable bonds is 9. The maximum absolute atomic E-state index is 13.8. The van der Waals surface area contributed by atoms with Crippen molar-refractivity contribution in [3.63, 3.8) is 0 Å². The van der Waals surface area contributed by atoms with Crippen molar-refractivity contribution in [1.29, 1.82) is 0 Å². The van der Waals surface area contributed by atoms with Crippen LogP contribution in [0.5, 0.6) is 5.75 Å². The molecule has 4 rings (SSSR count). The van der Waals surface area contributed by atoms with E-state index in [-0.39, 0.29) is 35.5 Å². The molecule has 4 N–H and O–H groups in total. The second-order valence-corrected chi connectivity index (χ2v) is 11.3. The van der Waals surface area contributed by atoms with Crippen molar-refractivity contribution in [3.8, 4) is 5.75 Å². The summed E-state index contributed by atoms with van der Waals surface area (Å²) < 4.78 is 20.2. The van der Waals surface area contributed by atoms with E-state index in [4.69, 9.17) is 16.3 Å². The number of carbonyl (C=O) groups is 1. The van der Waals surface area contributed by atoms with Gasteiger partial charge in [-0.1, -0.05) is 11.6 Å². The zero-order chi connectivity index (χ0) is 26.1. The molecule has 1 aromatic carbocycles. The highest BCUT2D eigenvalue weighted by Crippen LogP contribution is 2.48. The number of carbonyl (C=O) groups excluding carboxylic acids is 1. The van der Waals surface area contributed by atoms with Gasteiger partial charge in [0, 0.05) is 48.6 Å². The number of pyridine rings is 1. The summed E-state index contributed by atoms with van der Waals surface area (Å²) in [6.07, 6.45) is 5.22. The number of halogens is 2. The molecule has 1 aromatic heterocycles. The van der Waals surface area contributed by atoms with Gasteiger partial charge in [-0.05, 0) is 69.4 Å². The van der Waals surface area contributed by atoms with Gasteiger partial charge in [-0.15, -0.1) is 0 Å². The van der Waals surface area contributed by atoms with Crippen molar-refractivity contribution >= 4 is 17.5 Å². The Balaban J connectivity index is 1.51. The average Bonchev–Trinajstić information content (AvgIpc) is 2.73. The van der Waals surface area contributed by atoms with Gasteiger partial charge < -0.3 is 25.6 Å². The summed E-state index contributed by atoms with van der Waals surface area (Å²) in [4.78, 5) is 16.4. The predicted octanol–water partition coefficient (Wildman–Crippen LogP) is 3.63. The first-order valence-corrected chi connectivity index (χ1v) is 12.8. The van der Waals surface area contributed by atoms with E-state index in [0.29, 0.717) is 12.0 Å². The van der Waals surface area contributed by atoms with Crippen LogP contribution in [0, 0.1) is 5.82 Å². The van der Waals surface area contributed by atoms with Crippen LogP contribution in [-0.2, 0) is 17.6 Å². The van der Waals surface area contributed by atoms with Crippen LogP contribution in [0.3, 0.4) is 0 Å². The second-order valence-electron chi connectivity index (χ2n) is 10.9.